The molecular weight excluding hydrogens is 226 g/mol. The van der Waals surface area contributed by atoms with Crippen molar-refractivity contribution in [2.75, 3.05) is 33.2 Å². The molecule has 1 amide bonds. The molecule has 1 heterocycles. The number of hydrogen-bond donors (Lipinski definition) is 1. The Bertz CT molecular complexity index is 406. The third-order valence-corrected chi connectivity index (χ3v) is 3.47. The van der Waals surface area contributed by atoms with Crippen LogP contribution >= 0.6 is 0 Å². The topological polar surface area (TPSA) is 49.6 Å². The first-order valence-corrected chi connectivity index (χ1v) is 6.41. The summed E-state index contributed by atoms with van der Waals surface area (Å²) in [5, 5.41) is 0. The quantitative estimate of drug-likeness (QED) is 0.851. The van der Waals surface area contributed by atoms with Gasteiger partial charge in [0.25, 0.3) is 5.91 Å². The number of carbonyl (C=O) groups is 1. The molecule has 1 aliphatic heterocycles. The molecular formula is C14H21N3O. The summed E-state index contributed by atoms with van der Waals surface area (Å²) in [6.45, 7) is 5.46. The van der Waals surface area contributed by atoms with Crippen molar-refractivity contribution >= 4 is 5.91 Å². The molecule has 98 valence electrons. The van der Waals surface area contributed by atoms with Crippen LogP contribution in [0.5, 0.6) is 0 Å². The summed E-state index contributed by atoms with van der Waals surface area (Å²) in [6.07, 6.45) is 0. The first-order chi connectivity index (χ1) is 8.58. The number of rotatable bonds is 2. The summed E-state index contributed by atoms with van der Waals surface area (Å²) in [5.41, 5.74) is 7.61. The van der Waals surface area contributed by atoms with Crippen molar-refractivity contribution in [2.24, 2.45) is 5.73 Å². The summed E-state index contributed by atoms with van der Waals surface area (Å²) >= 11 is 0. The van der Waals surface area contributed by atoms with Gasteiger partial charge < -0.3 is 15.5 Å². The molecule has 1 aliphatic rings. The lowest BCUT2D eigenvalue weighted by Crippen LogP contribution is -2.47. The molecule has 1 saturated heterocycles. The third-order valence-electron chi connectivity index (χ3n) is 3.47. The fourth-order valence-corrected chi connectivity index (χ4v) is 2.12. The highest BCUT2D eigenvalue weighted by Gasteiger charge is 2.20. The number of likely N-dealkylation sites (N-methyl/N-ethyl adjacent to an activating group) is 1. The zero-order chi connectivity index (χ0) is 13.1. The van der Waals surface area contributed by atoms with E-state index >= 15 is 0 Å². The van der Waals surface area contributed by atoms with E-state index in [1.807, 2.05) is 36.1 Å². The summed E-state index contributed by atoms with van der Waals surface area (Å²) in [5.74, 6) is 0.124. The fraction of sp³-hybridized carbons (Fsp3) is 0.500. The normalized spacial score (nSPS) is 18.7. The Morgan fingerprint density at radius 1 is 1.17 bits per heavy atom. The van der Waals surface area contributed by atoms with Gasteiger partial charge in [-0.3, -0.25) is 4.79 Å². The highest BCUT2D eigenvalue weighted by atomic mass is 16.2. The van der Waals surface area contributed by atoms with Gasteiger partial charge in [0.05, 0.1) is 0 Å². The third kappa shape index (κ3) is 2.89. The van der Waals surface area contributed by atoms with Gasteiger partial charge in [-0.25, -0.2) is 0 Å². The van der Waals surface area contributed by atoms with E-state index in [0.717, 1.165) is 37.3 Å². The number of piperazine rings is 1. The second-order valence-electron chi connectivity index (χ2n) is 5.01. The van der Waals surface area contributed by atoms with Crippen LogP contribution in [0.15, 0.2) is 24.3 Å². The molecule has 1 aromatic carbocycles. The molecule has 0 aromatic heterocycles. The average molecular weight is 247 g/mol. The van der Waals surface area contributed by atoms with E-state index in [0.29, 0.717) is 0 Å². The van der Waals surface area contributed by atoms with Crippen LogP contribution < -0.4 is 5.73 Å². The first kappa shape index (κ1) is 13.1. The number of nitrogens with zero attached hydrogens (tertiary/aromatic N) is 2. The van der Waals surface area contributed by atoms with Crippen molar-refractivity contribution in [3.63, 3.8) is 0 Å². The average Bonchev–Trinajstić information content (AvgIpc) is 2.39. The molecule has 1 atom stereocenters. The second-order valence-corrected chi connectivity index (χ2v) is 5.01. The zero-order valence-electron chi connectivity index (χ0n) is 11.1. The van der Waals surface area contributed by atoms with Gasteiger partial charge in [-0.2, -0.15) is 0 Å². The monoisotopic (exact) mass is 247 g/mol. The lowest BCUT2D eigenvalue weighted by molar-refractivity contribution is 0.0664. The van der Waals surface area contributed by atoms with Gasteiger partial charge in [0.1, 0.15) is 0 Å². The zero-order valence-corrected chi connectivity index (χ0v) is 11.1. The molecule has 0 bridgehead atoms. The van der Waals surface area contributed by atoms with E-state index in [1.165, 1.54) is 0 Å². The van der Waals surface area contributed by atoms with E-state index < -0.39 is 0 Å². The van der Waals surface area contributed by atoms with Crippen LogP contribution in [-0.2, 0) is 0 Å². The van der Waals surface area contributed by atoms with Crippen LogP contribution in [0.2, 0.25) is 0 Å². The predicted molar refractivity (Wildman–Crippen MR) is 72.4 cm³/mol. The minimum atomic E-state index is 0.0118. The van der Waals surface area contributed by atoms with Crippen molar-refractivity contribution in [1.82, 2.24) is 9.80 Å². The van der Waals surface area contributed by atoms with Crippen molar-refractivity contribution in [3.05, 3.63) is 35.4 Å². The lowest BCUT2D eigenvalue weighted by atomic mass is 10.1. The Morgan fingerprint density at radius 2 is 1.72 bits per heavy atom. The molecule has 0 aliphatic carbocycles. The van der Waals surface area contributed by atoms with E-state index in [9.17, 15) is 4.79 Å². The standard InChI is InChI=1S/C14H21N3O/c1-11(15)12-3-5-13(6-4-12)14(18)17-9-7-16(2)8-10-17/h3-6,11H,7-10,15H2,1-2H3/t11-/m1/s1. The molecule has 0 radical (unpaired) electrons. The number of nitrogens with two attached hydrogens (primary N) is 1. The van der Waals surface area contributed by atoms with Gasteiger partial charge in [-0.05, 0) is 31.7 Å². The maximum atomic E-state index is 12.3. The van der Waals surface area contributed by atoms with Gasteiger partial charge >= 0.3 is 0 Å². The maximum absolute atomic E-state index is 12.3. The Kier molecular flexibility index (Phi) is 3.99. The van der Waals surface area contributed by atoms with Gasteiger partial charge in [0.15, 0.2) is 0 Å². The largest absolute Gasteiger partial charge is 0.336 e. The van der Waals surface area contributed by atoms with Gasteiger partial charge in [0, 0.05) is 37.8 Å². The smallest absolute Gasteiger partial charge is 0.253 e. The Balaban J connectivity index is 2.04. The van der Waals surface area contributed by atoms with Crippen molar-refractivity contribution < 1.29 is 4.79 Å². The van der Waals surface area contributed by atoms with Gasteiger partial charge in [0.2, 0.25) is 0 Å². The van der Waals surface area contributed by atoms with Crippen LogP contribution in [0.3, 0.4) is 0 Å². The molecule has 2 N–H and O–H groups in total. The number of amides is 1. The highest BCUT2D eigenvalue weighted by molar-refractivity contribution is 5.94. The Morgan fingerprint density at radius 3 is 2.22 bits per heavy atom. The minimum Gasteiger partial charge on any atom is -0.336 e. The molecule has 2 rings (SSSR count). The SMILES string of the molecule is C[C@@H](N)c1ccc(C(=O)N2CCN(C)CC2)cc1. The molecule has 0 saturated carbocycles. The van der Waals surface area contributed by atoms with E-state index in [-0.39, 0.29) is 11.9 Å². The summed E-state index contributed by atoms with van der Waals surface area (Å²) in [7, 11) is 2.08. The molecule has 4 nitrogen and oxygen atoms in total. The van der Waals surface area contributed by atoms with Crippen LogP contribution in [0.1, 0.15) is 28.9 Å². The summed E-state index contributed by atoms with van der Waals surface area (Å²) in [6, 6.07) is 7.64. The first-order valence-electron chi connectivity index (χ1n) is 6.41. The van der Waals surface area contributed by atoms with Crippen LogP contribution in [-0.4, -0.2) is 48.9 Å². The molecule has 0 spiro atoms. The molecule has 4 heteroatoms. The molecule has 0 unspecified atom stereocenters. The van der Waals surface area contributed by atoms with Crippen LogP contribution in [0, 0.1) is 0 Å². The number of carbonyl (C=O) groups excluding carboxylic acids is 1. The Labute approximate surface area is 108 Å². The molecule has 1 aromatic rings. The number of hydrogen-bond acceptors (Lipinski definition) is 3. The summed E-state index contributed by atoms with van der Waals surface area (Å²) in [4.78, 5) is 16.4. The van der Waals surface area contributed by atoms with Gasteiger partial charge in [-0.1, -0.05) is 12.1 Å². The lowest BCUT2D eigenvalue weighted by Gasteiger charge is -2.32. The highest BCUT2D eigenvalue weighted by Crippen LogP contribution is 2.13. The van der Waals surface area contributed by atoms with Crippen molar-refractivity contribution in [2.45, 2.75) is 13.0 Å². The van der Waals surface area contributed by atoms with Gasteiger partial charge in [-0.15, -0.1) is 0 Å². The fourth-order valence-electron chi connectivity index (χ4n) is 2.12. The molecule has 18 heavy (non-hydrogen) atoms. The predicted octanol–water partition coefficient (Wildman–Crippen LogP) is 1.09. The van der Waals surface area contributed by atoms with Crippen LogP contribution in [0.4, 0.5) is 0 Å². The van der Waals surface area contributed by atoms with Crippen LogP contribution in [0.25, 0.3) is 0 Å². The van der Waals surface area contributed by atoms with E-state index in [2.05, 4.69) is 11.9 Å². The maximum Gasteiger partial charge on any atom is 0.253 e. The molecule has 1 fully saturated rings. The minimum absolute atomic E-state index is 0.0118. The van der Waals surface area contributed by atoms with E-state index in [1.54, 1.807) is 0 Å². The van der Waals surface area contributed by atoms with E-state index in [4.69, 9.17) is 5.73 Å². The Hall–Kier alpha value is -1.39. The summed E-state index contributed by atoms with van der Waals surface area (Å²) < 4.78 is 0. The second kappa shape index (κ2) is 5.50. The van der Waals surface area contributed by atoms with Crippen molar-refractivity contribution in [1.29, 1.82) is 0 Å². The van der Waals surface area contributed by atoms with Crippen molar-refractivity contribution in [3.8, 4) is 0 Å². The number of benzene rings is 1.